The Kier molecular flexibility index (Phi) is 5.36. The molecule has 0 bridgehead atoms. The molecule has 4 N–H and O–H groups in total. The van der Waals surface area contributed by atoms with Gasteiger partial charge in [-0.3, -0.25) is 4.79 Å². The third-order valence-corrected chi connectivity index (χ3v) is 3.92. The van der Waals surface area contributed by atoms with Gasteiger partial charge in [-0.1, -0.05) is 29.8 Å². The van der Waals surface area contributed by atoms with E-state index in [0.717, 1.165) is 5.56 Å². The van der Waals surface area contributed by atoms with Crippen molar-refractivity contribution in [2.75, 3.05) is 6.54 Å². The van der Waals surface area contributed by atoms with Crippen LogP contribution in [0.3, 0.4) is 0 Å². The molecule has 2 rings (SSSR count). The molecule has 0 amide bonds. The molecule has 0 fully saturated rings. The largest absolute Gasteiger partial charge is 0.481 e. The molecule has 0 aliphatic rings. The quantitative estimate of drug-likeness (QED) is 0.753. The highest BCUT2D eigenvalue weighted by molar-refractivity contribution is 6.33. The van der Waals surface area contributed by atoms with Crippen LogP contribution >= 0.6 is 11.6 Å². The monoisotopic (exact) mass is 333 g/mol. The Labute approximate surface area is 138 Å². The van der Waals surface area contributed by atoms with Crippen molar-refractivity contribution in [3.8, 4) is 11.1 Å². The third-order valence-electron chi connectivity index (χ3n) is 3.59. The highest BCUT2D eigenvalue weighted by atomic mass is 35.5. The van der Waals surface area contributed by atoms with Gasteiger partial charge in [0.15, 0.2) is 0 Å². The summed E-state index contributed by atoms with van der Waals surface area (Å²) in [5.41, 5.74) is 7.89. The van der Waals surface area contributed by atoms with Crippen LogP contribution in [-0.2, 0) is 4.79 Å². The first-order chi connectivity index (χ1) is 10.9. The predicted octanol–water partition coefficient (Wildman–Crippen LogP) is 3.22. The van der Waals surface area contributed by atoms with E-state index in [1.165, 1.54) is 12.1 Å². The summed E-state index contributed by atoms with van der Waals surface area (Å²) >= 11 is 6.22. The average Bonchev–Trinajstić information content (AvgIpc) is 2.53. The van der Waals surface area contributed by atoms with Crippen LogP contribution in [0.15, 0.2) is 42.5 Å². The number of aromatic carboxylic acids is 1. The summed E-state index contributed by atoms with van der Waals surface area (Å²) in [5.74, 6) is -2.28. The van der Waals surface area contributed by atoms with E-state index in [-0.39, 0.29) is 24.4 Å². The van der Waals surface area contributed by atoms with Crippen molar-refractivity contribution in [2.45, 2.75) is 12.3 Å². The van der Waals surface area contributed by atoms with Crippen LogP contribution in [0, 0.1) is 0 Å². The average molecular weight is 334 g/mol. The maximum Gasteiger partial charge on any atom is 0.335 e. The van der Waals surface area contributed by atoms with Crippen LogP contribution in [0.5, 0.6) is 0 Å². The molecule has 0 heterocycles. The summed E-state index contributed by atoms with van der Waals surface area (Å²) in [4.78, 5) is 22.0. The number of hydrogen-bond donors (Lipinski definition) is 3. The highest BCUT2D eigenvalue weighted by Crippen LogP contribution is 2.32. The van der Waals surface area contributed by atoms with Gasteiger partial charge in [0.25, 0.3) is 0 Å². The summed E-state index contributed by atoms with van der Waals surface area (Å²) < 4.78 is 0. The molecule has 5 nitrogen and oxygen atoms in total. The molecule has 1 atom stereocenters. The van der Waals surface area contributed by atoms with Crippen molar-refractivity contribution in [1.82, 2.24) is 0 Å². The van der Waals surface area contributed by atoms with Crippen molar-refractivity contribution in [1.29, 1.82) is 0 Å². The standard InChI is InChI=1S/C17H16ClNO4/c18-15-5-4-10(13(9-19)8-16(20)21)7-14(15)11-2-1-3-12(6-11)17(22)23/h1-7,13H,8-9,19H2,(H,20,21)(H,22,23)/t13-/m0/s1. The fraction of sp³-hybridized carbons (Fsp3) is 0.176. The van der Waals surface area contributed by atoms with E-state index >= 15 is 0 Å². The van der Waals surface area contributed by atoms with Gasteiger partial charge in [0.2, 0.25) is 0 Å². The van der Waals surface area contributed by atoms with Gasteiger partial charge >= 0.3 is 11.9 Å². The Morgan fingerprint density at radius 2 is 1.87 bits per heavy atom. The maximum atomic E-state index is 11.1. The molecule has 0 aromatic heterocycles. The molecule has 120 valence electrons. The van der Waals surface area contributed by atoms with Crippen molar-refractivity contribution in [3.05, 3.63) is 58.6 Å². The molecular formula is C17H16ClNO4. The van der Waals surface area contributed by atoms with Crippen LogP contribution in [0.2, 0.25) is 5.02 Å². The smallest absolute Gasteiger partial charge is 0.335 e. The number of carboxylic acid groups (broad SMARTS) is 2. The fourth-order valence-corrected chi connectivity index (χ4v) is 2.61. The van der Waals surface area contributed by atoms with Crippen molar-refractivity contribution in [3.63, 3.8) is 0 Å². The lowest BCUT2D eigenvalue weighted by Gasteiger charge is -2.15. The molecule has 0 saturated heterocycles. The van der Waals surface area contributed by atoms with Gasteiger partial charge in [0, 0.05) is 16.5 Å². The molecular weight excluding hydrogens is 318 g/mol. The number of halogens is 1. The Morgan fingerprint density at radius 3 is 2.48 bits per heavy atom. The van der Waals surface area contributed by atoms with Gasteiger partial charge in [-0.15, -0.1) is 0 Å². The molecule has 0 unspecified atom stereocenters. The Hall–Kier alpha value is -2.37. The van der Waals surface area contributed by atoms with Crippen LogP contribution in [0.4, 0.5) is 0 Å². The molecule has 0 saturated carbocycles. The second-order valence-corrected chi connectivity index (χ2v) is 5.56. The van der Waals surface area contributed by atoms with E-state index in [1.54, 1.807) is 30.3 Å². The second kappa shape index (κ2) is 7.26. The minimum atomic E-state index is -1.02. The molecule has 23 heavy (non-hydrogen) atoms. The predicted molar refractivity (Wildman–Crippen MR) is 87.9 cm³/mol. The zero-order valence-corrected chi connectivity index (χ0v) is 13.0. The van der Waals surface area contributed by atoms with Crippen LogP contribution < -0.4 is 5.73 Å². The molecule has 2 aromatic carbocycles. The Bertz CT molecular complexity index is 745. The van der Waals surface area contributed by atoms with Gasteiger partial charge in [0.05, 0.1) is 12.0 Å². The molecule has 6 heteroatoms. The first kappa shape index (κ1) is 17.0. The van der Waals surface area contributed by atoms with E-state index in [2.05, 4.69) is 0 Å². The summed E-state index contributed by atoms with van der Waals surface area (Å²) in [7, 11) is 0. The molecule has 0 radical (unpaired) electrons. The number of benzene rings is 2. The maximum absolute atomic E-state index is 11.1. The second-order valence-electron chi connectivity index (χ2n) is 5.16. The van der Waals surface area contributed by atoms with E-state index in [1.807, 2.05) is 0 Å². The van der Waals surface area contributed by atoms with Gasteiger partial charge in [-0.2, -0.15) is 0 Å². The van der Waals surface area contributed by atoms with E-state index in [9.17, 15) is 9.59 Å². The van der Waals surface area contributed by atoms with Crippen LogP contribution in [0.1, 0.15) is 28.3 Å². The first-order valence-electron chi connectivity index (χ1n) is 6.97. The summed E-state index contributed by atoms with van der Waals surface area (Å²) in [6.07, 6.45) is -0.0766. The number of carbonyl (C=O) groups is 2. The topological polar surface area (TPSA) is 101 Å². The normalized spacial score (nSPS) is 11.9. The highest BCUT2D eigenvalue weighted by Gasteiger charge is 2.16. The molecule has 0 aliphatic heterocycles. The third kappa shape index (κ3) is 4.09. The lowest BCUT2D eigenvalue weighted by molar-refractivity contribution is -0.137. The Balaban J connectivity index is 2.47. The van der Waals surface area contributed by atoms with Crippen LogP contribution in [-0.4, -0.2) is 28.7 Å². The molecule has 2 aromatic rings. The Morgan fingerprint density at radius 1 is 1.13 bits per heavy atom. The first-order valence-corrected chi connectivity index (χ1v) is 7.35. The minimum Gasteiger partial charge on any atom is -0.481 e. The van der Waals surface area contributed by atoms with E-state index < -0.39 is 11.9 Å². The van der Waals surface area contributed by atoms with E-state index in [4.69, 9.17) is 27.5 Å². The van der Waals surface area contributed by atoms with Crippen molar-refractivity contribution < 1.29 is 19.8 Å². The number of carboxylic acids is 2. The summed E-state index contributed by atoms with van der Waals surface area (Å²) in [5, 5.41) is 18.5. The number of nitrogens with two attached hydrogens (primary N) is 1. The molecule has 0 spiro atoms. The zero-order chi connectivity index (χ0) is 17.0. The minimum absolute atomic E-state index is 0.0766. The van der Waals surface area contributed by atoms with E-state index in [0.29, 0.717) is 16.1 Å². The van der Waals surface area contributed by atoms with Gasteiger partial charge < -0.3 is 15.9 Å². The fourth-order valence-electron chi connectivity index (χ4n) is 2.39. The number of hydrogen-bond acceptors (Lipinski definition) is 3. The lowest BCUT2D eigenvalue weighted by Crippen LogP contribution is -2.16. The molecule has 0 aliphatic carbocycles. The van der Waals surface area contributed by atoms with Gasteiger partial charge in [-0.25, -0.2) is 4.79 Å². The van der Waals surface area contributed by atoms with Crippen LogP contribution in [0.25, 0.3) is 11.1 Å². The SMILES string of the molecule is NC[C@H](CC(=O)O)c1ccc(Cl)c(-c2cccc(C(=O)O)c2)c1. The van der Waals surface area contributed by atoms with Crippen molar-refractivity contribution >= 4 is 23.5 Å². The van der Waals surface area contributed by atoms with Gasteiger partial charge in [-0.05, 0) is 41.9 Å². The zero-order valence-electron chi connectivity index (χ0n) is 12.2. The summed E-state index contributed by atoms with van der Waals surface area (Å²) in [6.45, 7) is 0.197. The number of aliphatic carboxylic acids is 1. The summed E-state index contributed by atoms with van der Waals surface area (Å²) in [6, 6.07) is 11.6. The van der Waals surface area contributed by atoms with Crippen molar-refractivity contribution in [2.24, 2.45) is 5.73 Å². The van der Waals surface area contributed by atoms with Gasteiger partial charge in [0.1, 0.15) is 0 Å². The number of rotatable bonds is 6. The lowest BCUT2D eigenvalue weighted by atomic mass is 9.92.